The molecule has 46 heavy (non-hydrogen) atoms. The Morgan fingerprint density at radius 3 is 2.30 bits per heavy atom. The molecule has 248 valence electrons. The number of ketones is 1. The molecular weight excluding hydrogens is 608 g/mol. The number of benzene rings is 1. The maximum atomic E-state index is 13.6. The molecule has 0 saturated heterocycles. The smallest absolute Gasteiger partial charge is 0.339 e. The van der Waals surface area contributed by atoms with Crippen molar-refractivity contribution < 1.29 is 28.7 Å². The second-order valence-corrected chi connectivity index (χ2v) is 12.6. The zero-order valence-corrected chi connectivity index (χ0v) is 28.4. The van der Waals surface area contributed by atoms with Gasteiger partial charge in [-0.3, -0.25) is 19.2 Å². The number of nitrogens with zero attached hydrogens (tertiary/aromatic N) is 3. The number of ether oxygens (including phenoxy) is 1. The second kappa shape index (κ2) is 16.3. The number of unbranched alkanes of at least 4 members (excludes halogenated alkanes) is 1. The van der Waals surface area contributed by atoms with Gasteiger partial charge in [0.05, 0.1) is 22.9 Å². The molecule has 0 radical (unpaired) electrons. The number of Topliss-reactive ketones (excluding diaryl/α,β-unsaturated/α-hetero) is 1. The number of amides is 3. The lowest BCUT2D eigenvalue weighted by Crippen LogP contribution is -2.47. The minimum absolute atomic E-state index is 0.0705. The Balaban J connectivity index is 1.81. The van der Waals surface area contributed by atoms with Crippen LogP contribution in [0.3, 0.4) is 0 Å². The van der Waals surface area contributed by atoms with Gasteiger partial charge in [0.15, 0.2) is 12.4 Å². The van der Waals surface area contributed by atoms with Gasteiger partial charge in [-0.2, -0.15) is 11.3 Å². The van der Waals surface area contributed by atoms with Crippen LogP contribution in [0.2, 0.25) is 0 Å². The molecule has 0 fully saturated rings. The quantitative estimate of drug-likeness (QED) is 0.153. The van der Waals surface area contributed by atoms with Gasteiger partial charge in [-0.1, -0.05) is 19.1 Å². The molecule has 3 aromatic rings. The molecule has 2 heterocycles. The van der Waals surface area contributed by atoms with Crippen molar-refractivity contribution in [1.29, 1.82) is 0 Å². The van der Waals surface area contributed by atoms with Crippen LogP contribution in [0, 0.1) is 19.8 Å². The largest absolute Gasteiger partial charge is 0.454 e. The summed E-state index contributed by atoms with van der Waals surface area (Å²) in [6.45, 7) is 12.9. The molecule has 0 bridgehead atoms. The van der Waals surface area contributed by atoms with Crippen molar-refractivity contribution in [3.63, 3.8) is 0 Å². The Morgan fingerprint density at radius 2 is 1.72 bits per heavy atom. The number of hydrogen-bond acceptors (Lipinski definition) is 9. The molecule has 13 heteroatoms. The van der Waals surface area contributed by atoms with E-state index in [-0.39, 0.29) is 29.4 Å². The molecular formula is C33H44N6O6S. The van der Waals surface area contributed by atoms with Crippen molar-refractivity contribution in [3.05, 3.63) is 68.7 Å². The predicted octanol–water partition coefficient (Wildman–Crippen LogP) is 4.28. The second-order valence-electron chi connectivity index (χ2n) is 11.8. The van der Waals surface area contributed by atoms with Crippen molar-refractivity contribution in [2.45, 2.75) is 79.3 Å². The monoisotopic (exact) mass is 652 g/mol. The number of rotatable bonds is 16. The number of hydrogen-bond donors (Lipinski definition) is 3. The topological polar surface area (TPSA) is 161 Å². The standard InChI is InChI=1S/C33H44N6O6S/c1-8-34-30(42)25-15-21(4)29(22(5)16-25)32(44)45-18-27(41)26(11-9-10-13-35-23(6)40)39-17-28(37-38-39)33(7,20(2)3)36-31(43)24-12-14-46-19-24/h12,14-17,19-20,26H,8-11,13,18H2,1-7H3,(H,34,42)(H,35,40)(H,36,43)/t26?,33-/m0/s1. The molecule has 12 nitrogen and oxygen atoms in total. The summed E-state index contributed by atoms with van der Waals surface area (Å²) in [5.74, 6) is -1.74. The predicted molar refractivity (Wildman–Crippen MR) is 175 cm³/mol. The molecule has 2 aromatic heterocycles. The molecule has 0 spiro atoms. The Morgan fingerprint density at radius 1 is 1.02 bits per heavy atom. The molecule has 1 unspecified atom stereocenters. The van der Waals surface area contributed by atoms with Gasteiger partial charge in [0.2, 0.25) is 5.91 Å². The van der Waals surface area contributed by atoms with Crippen LogP contribution in [0.4, 0.5) is 0 Å². The molecule has 0 aliphatic rings. The van der Waals surface area contributed by atoms with Crippen LogP contribution in [0.5, 0.6) is 0 Å². The van der Waals surface area contributed by atoms with Gasteiger partial charge in [-0.05, 0) is 87.6 Å². The number of carbonyl (C=O) groups excluding carboxylic acids is 5. The van der Waals surface area contributed by atoms with Crippen molar-refractivity contribution in [2.75, 3.05) is 19.7 Å². The first-order valence-corrected chi connectivity index (χ1v) is 16.3. The molecule has 0 aliphatic carbocycles. The third-order valence-corrected chi connectivity index (χ3v) is 8.69. The minimum atomic E-state index is -0.891. The summed E-state index contributed by atoms with van der Waals surface area (Å²) in [6.07, 6.45) is 3.22. The summed E-state index contributed by atoms with van der Waals surface area (Å²) >= 11 is 1.43. The average Bonchev–Trinajstić information content (AvgIpc) is 3.71. The zero-order chi connectivity index (χ0) is 34.0. The zero-order valence-electron chi connectivity index (χ0n) is 27.6. The third kappa shape index (κ3) is 9.09. The molecule has 1 aromatic carbocycles. The van der Waals surface area contributed by atoms with E-state index in [9.17, 15) is 24.0 Å². The maximum Gasteiger partial charge on any atom is 0.339 e. The van der Waals surface area contributed by atoms with Crippen LogP contribution >= 0.6 is 11.3 Å². The van der Waals surface area contributed by atoms with Gasteiger partial charge in [-0.15, -0.1) is 5.10 Å². The minimum Gasteiger partial charge on any atom is -0.454 e. The van der Waals surface area contributed by atoms with E-state index in [0.717, 1.165) is 0 Å². The highest BCUT2D eigenvalue weighted by Crippen LogP contribution is 2.29. The summed E-state index contributed by atoms with van der Waals surface area (Å²) < 4.78 is 6.96. The maximum absolute atomic E-state index is 13.6. The molecule has 0 saturated carbocycles. The first-order valence-electron chi connectivity index (χ1n) is 15.4. The highest BCUT2D eigenvalue weighted by atomic mass is 32.1. The number of esters is 1. The normalized spacial score (nSPS) is 13.0. The van der Waals surface area contributed by atoms with Gasteiger partial charge in [0, 0.05) is 31.0 Å². The van der Waals surface area contributed by atoms with Gasteiger partial charge in [0.1, 0.15) is 11.7 Å². The fourth-order valence-corrected chi connectivity index (χ4v) is 5.66. The molecule has 3 rings (SSSR count). The van der Waals surface area contributed by atoms with Crippen molar-refractivity contribution in [1.82, 2.24) is 30.9 Å². The molecule has 3 N–H and O–H groups in total. The van der Waals surface area contributed by atoms with Gasteiger partial charge in [0.25, 0.3) is 11.8 Å². The summed E-state index contributed by atoms with van der Waals surface area (Å²) in [4.78, 5) is 63.3. The van der Waals surface area contributed by atoms with E-state index in [0.29, 0.717) is 65.9 Å². The first kappa shape index (κ1) is 36.1. The van der Waals surface area contributed by atoms with E-state index in [1.54, 1.807) is 43.6 Å². The van der Waals surface area contributed by atoms with Crippen LogP contribution < -0.4 is 16.0 Å². The Labute approximate surface area is 273 Å². The van der Waals surface area contributed by atoms with Crippen LogP contribution in [0.25, 0.3) is 0 Å². The SMILES string of the molecule is CCNC(=O)c1cc(C)c(C(=O)OCC(=O)C(CCCCNC(C)=O)n2cc([C@@](C)(NC(=O)c3ccsc3)C(C)C)nn2)c(C)c1. The lowest BCUT2D eigenvalue weighted by atomic mass is 9.85. The van der Waals surface area contributed by atoms with E-state index in [1.165, 1.54) is 22.9 Å². The van der Waals surface area contributed by atoms with Gasteiger partial charge in [-0.25, -0.2) is 9.48 Å². The van der Waals surface area contributed by atoms with Crippen LogP contribution in [-0.4, -0.2) is 64.2 Å². The summed E-state index contributed by atoms with van der Waals surface area (Å²) in [5.41, 5.74) is 1.99. The van der Waals surface area contributed by atoms with Crippen molar-refractivity contribution in [2.24, 2.45) is 5.92 Å². The van der Waals surface area contributed by atoms with Crippen LogP contribution in [-0.2, 0) is 19.9 Å². The van der Waals surface area contributed by atoms with Crippen molar-refractivity contribution >= 4 is 40.8 Å². The fourth-order valence-electron chi connectivity index (χ4n) is 5.02. The van der Waals surface area contributed by atoms with Crippen LogP contribution in [0.1, 0.15) is 108 Å². The van der Waals surface area contributed by atoms with E-state index in [4.69, 9.17) is 4.74 Å². The van der Waals surface area contributed by atoms with E-state index in [1.807, 2.05) is 33.1 Å². The average molecular weight is 653 g/mol. The summed E-state index contributed by atoms with van der Waals surface area (Å²) in [5, 5.41) is 20.8. The number of nitrogens with one attached hydrogen (secondary N) is 3. The molecule has 2 atom stereocenters. The fraction of sp³-hybridized carbons (Fsp3) is 0.485. The first-order chi connectivity index (χ1) is 21.8. The summed E-state index contributed by atoms with van der Waals surface area (Å²) in [6, 6.07) is 4.18. The molecule has 0 aliphatic heterocycles. The van der Waals surface area contributed by atoms with Gasteiger partial charge < -0.3 is 20.7 Å². The highest BCUT2D eigenvalue weighted by Gasteiger charge is 2.36. The third-order valence-electron chi connectivity index (χ3n) is 8.00. The summed E-state index contributed by atoms with van der Waals surface area (Å²) in [7, 11) is 0. The van der Waals surface area contributed by atoms with Crippen LogP contribution in [0.15, 0.2) is 35.2 Å². The van der Waals surface area contributed by atoms with Gasteiger partial charge >= 0.3 is 5.97 Å². The Bertz CT molecular complexity index is 1530. The van der Waals surface area contributed by atoms with E-state index < -0.39 is 24.2 Å². The number of carbonyl (C=O) groups is 5. The van der Waals surface area contributed by atoms with E-state index >= 15 is 0 Å². The number of thiophene rings is 1. The van der Waals surface area contributed by atoms with E-state index in [2.05, 4.69) is 26.3 Å². The number of aromatic nitrogens is 3. The number of aryl methyl sites for hydroxylation is 2. The lowest BCUT2D eigenvalue weighted by Gasteiger charge is -2.32. The Hall–Kier alpha value is -4.39. The Kier molecular flexibility index (Phi) is 12.7. The lowest BCUT2D eigenvalue weighted by molar-refractivity contribution is -0.126. The van der Waals surface area contributed by atoms with Crippen molar-refractivity contribution in [3.8, 4) is 0 Å². The highest BCUT2D eigenvalue weighted by molar-refractivity contribution is 7.08. The molecule has 3 amide bonds.